The number of rotatable bonds is 5. The smallest absolute Gasteiger partial charge is 0.188 e. The number of fused-ring (bicyclic) bond motifs is 1. The van der Waals surface area contributed by atoms with E-state index in [0.29, 0.717) is 15.7 Å². The number of hydrogen-bond acceptors (Lipinski definition) is 5. The van der Waals surface area contributed by atoms with Gasteiger partial charge in [0.1, 0.15) is 6.10 Å². The molecular formula is C14H26O3S2. The van der Waals surface area contributed by atoms with Gasteiger partial charge in [0.25, 0.3) is 0 Å². The maximum Gasteiger partial charge on any atom is 0.188 e. The van der Waals surface area contributed by atoms with Gasteiger partial charge >= 0.3 is 0 Å². The maximum absolute atomic E-state index is 6.10. The van der Waals surface area contributed by atoms with E-state index in [1.165, 1.54) is 0 Å². The largest absolute Gasteiger partial charge is 0.344 e. The van der Waals surface area contributed by atoms with E-state index in [-0.39, 0.29) is 18.5 Å². The van der Waals surface area contributed by atoms with E-state index in [4.69, 9.17) is 14.2 Å². The van der Waals surface area contributed by atoms with E-state index in [1.807, 2.05) is 37.4 Å². The van der Waals surface area contributed by atoms with Crippen molar-refractivity contribution in [1.82, 2.24) is 0 Å². The van der Waals surface area contributed by atoms with Crippen molar-refractivity contribution >= 4 is 23.5 Å². The van der Waals surface area contributed by atoms with Crippen molar-refractivity contribution in [2.75, 3.05) is 5.75 Å². The Labute approximate surface area is 125 Å². The topological polar surface area (TPSA) is 27.7 Å². The third-order valence-corrected chi connectivity index (χ3v) is 5.73. The van der Waals surface area contributed by atoms with Gasteiger partial charge in [-0.3, -0.25) is 0 Å². The first-order chi connectivity index (χ1) is 8.78. The van der Waals surface area contributed by atoms with Gasteiger partial charge in [-0.2, -0.15) is 23.5 Å². The van der Waals surface area contributed by atoms with Crippen LogP contribution in [0.5, 0.6) is 0 Å². The standard InChI is InChI=1S/C14H26O3S2/c1-8(2)18-7-10-12(19-9(3)4)11-13(15-10)17-14(5,6)16-11/h8-13H,7H2,1-6H3/t10-,11-,12-,13-/m1/s1. The lowest BCUT2D eigenvalue weighted by Crippen LogP contribution is -2.34. The van der Waals surface area contributed by atoms with Crippen LogP contribution in [0.3, 0.4) is 0 Å². The van der Waals surface area contributed by atoms with Crippen molar-refractivity contribution in [3.63, 3.8) is 0 Å². The normalized spacial score (nSPS) is 37.3. The molecule has 0 radical (unpaired) electrons. The Bertz CT molecular complexity index is 307. The van der Waals surface area contributed by atoms with E-state index < -0.39 is 5.79 Å². The van der Waals surface area contributed by atoms with Crippen LogP contribution in [0.2, 0.25) is 0 Å². The highest BCUT2D eigenvalue weighted by atomic mass is 32.2. The Balaban J connectivity index is 2.01. The summed E-state index contributed by atoms with van der Waals surface area (Å²) >= 11 is 3.90. The quantitative estimate of drug-likeness (QED) is 0.775. The fraction of sp³-hybridized carbons (Fsp3) is 1.00. The average molecular weight is 306 g/mol. The van der Waals surface area contributed by atoms with Crippen molar-refractivity contribution in [3.05, 3.63) is 0 Å². The van der Waals surface area contributed by atoms with Crippen LogP contribution in [-0.2, 0) is 14.2 Å². The average Bonchev–Trinajstić information content (AvgIpc) is 2.69. The minimum absolute atomic E-state index is 0.0696. The Hall–Kier alpha value is 0.580. The molecule has 0 saturated carbocycles. The summed E-state index contributed by atoms with van der Waals surface area (Å²) in [4.78, 5) is 0. The maximum atomic E-state index is 6.10. The number of hydrogen-bond donors (Lipinski definition) is 0. The molecule has 0 amide bonds. The van der Waals surface area contributed by atoms with Gasteiger partial charge < -0.3 is 14.2 Å². The van der Waals surface area contributed by atoms with Crippen molar-refractivity contribution in [3.8, 4) is 0 Å². The van der Waals surface area contributed by atoms with Gasteiger partial charge in [-0.1, -0.05) is 27.7 Å². The molecule has 2 heterocycles. The second-order valence-electron chi connectivity index (χ2n) is 6.17. The van der Waals surface area contributed by atoms with E-state index in [9.17, 15) is 0 Å². The monoisotopic (exact) mass is 306 g/mol. The van der Waals surface area contributed by atoms with Crippen LogP contribution in [0.1, 0.15) is 41.5 Å². The first-order valence-electron chi connectivity index (χ1n) is 7.06. The molecule has 0 unspecified atom stereocenters. The van der Waals surface area contributed by atoms with Gasteiger partial charge in [0.2, 0.25) is 0 Å². The molecule has 0 aromatic heterocycles. The second kappa shape index (κ2) is 6.14. The van der Waals surface area contributed by atoms with Crippen LogP contribution >= 0.6 is 23.5 Å². The molecule has 4 atom stereocenters. The fourth-order valence-corrected chi connectivity index (χ4v) is 4.73. The number of ether oxygens (including phenoxy) is 3. The molecule has 3 nitrogen and oxygen atoms in total. The van der Waals surface area contributed by atoms with Crippen LogP contribution in [0.15, 0.2) is 0 Å². The molecule has 0 aliphatic carbocycles. The summed E-state index contributed by atoms with van der Waals surface area (Å²) in [6.07, 6.45) is 0.107. The fourth-order valence-electron chi connectivity index (χ4n) is 2.45. The molecule has 19 heavy (non-hydrogen) atoms. The molecule has 2 saturated heterocycles. The predicted molar refractivity (Wildman–Crippen MR) is 82.8 cm³/mol. The van der Waals surface area contributed by atoms with E-state index in [0.717, 1.165) is 5.75 Å². The summed E-state index contributed by atoms with van der Waals surface area (Å²) in [5.74, 6) is 0.503. The highest BCUT2D eigenvalue weighted by molar-refractivity contribution is 8.01. The summed E-state index contributed by atoms with van der Waals surface area (Å²) in [6, 6.07) is 0. The van der Waals surface area contributed by atoms with Gasteiger partial charge in [0, 0.05) is 5.75 Å². The molecule has 0 aromatic rings. The molecule has 2 rings (SSSR count). The second-order valence-corrected chi connectivity index (χ2v) is 9.54. The zero-order valence-electron chi connectivity index (χ0n) is 12.7. The van der Waals surface area contributed by atoms with Gasteiger partial charge in [0.05, 0.1) is 11.4 Å². The lowest BCUT2D eigenvalue weighted by molar-refractivity contribution is -0.201. The molecule has 0 bridgehead atoms. The summed E-state index contributed by atoms with van der Waals surface area (Å²) < 4.78 is 18.0. The SMILES string of the molecule is CC(C)SC[C@H]1O[C@@H]2OC(C)(C)O[C@@H]2[C@@H]1SC(C)C. The Morgan fingerprint density at radius 2 is 1.74 bits per heavy atom. The van der Waals surface area contributed by atoms with Crippen molar-refractivity contribution in [2.45, 2.75) is 81.6 Å². The molecule has 0 spiro atoms. The molecule has 2 aliphatic rings. The van der Waals surface area contributed by atoms with Crippen LogP contribution < -0.4 is 0 Å². The molecule has 112 valence electrons. The first kappa shape index (κ1) is 16.0. The van der Waals surface area contributed by atoms with Crippen LogP contribution in [0.4, 0.5) is 0 Å². The van der Waals surface area contributed by atoms with Crippen LogP contribution in [0.25, 0.3) is 0 Å². The third kappa shape index (κ3) is 4.03. The summed E-state index contributed by atoms with van der Waals surface area (Å²) in [7, 11) is 0. The zero-order valence-corrected chi connectivity index (χ0v) is 14.3. The van der Waals surface area contributed by atoms with E-state index in [1.54, 1.807) is 0 Å². The van der Waals surface area contributed by atoms with Gasteiger partial charge in [-0.05, 0) is 24.3 Å². The molecule has 5 heteroatoms. The van der Waals surface area contributed by atoms with Crippen molar-refractivity contribution < 1.29 is 14.2 Å². The lowest BCUT2D eigenvalue weighted by atomic mass is 10.2. The molecule has 0 N–H and O–H groups in total. The molecule has 2 aliphatic heterocycles. The Morgan fingerprint density at radius 3 is 2.32 bits per heavy atom. The summed E-state index contributed by atoms with van der Waals surface area (Å²) in [5, 5.41) is 1.58. The summed E-state index contributed by atoms with van der Waals surface area (Å²) in [6.45, 7) is 12.8. The van der Waals surface area contributed by atoms with E-state index >= 15 is 0 Å². The highest BCUT2D eigenvalue weighted by Crippen LogP contribution is 2.44. The van der Waals surface area contributed by atoms with Crippen molar-refractivity contribution in [2.24, 2.45) is 0 Å². The minimum Gasteiger partial charge on any atom is -0.344 e. The van der Waals surface area contributed by atoms with E-state index in [2.05, 4.69) is 27.7 Å². The Morgan fingerprint density at radius 1 is 1.05 bits per heavy atom. The Kier molecular flexibility index (Phi) is 5.16. The molecular weight excluding hydrogens is 280 g/mol. The van der Waals surface area contributed by atoms with Gasteiger partial charge in [0.15, 0.2) is 12.1 Å². The first-order valence-corrected chi connectivity index (χ1v) is 9.06. The van der Waals surface area contributed by atoms with Crippen LogP contribution in [-0.4, -0.2) is 45.8 Å². The lowest BCUT2D eigenvalue weighted by Gasteiger charge is -2.26. The molecule has 2 fully saturated rings. The minimum atomic E-state index is -0.513. The summed E-state index contributed by atoms with van der Waals surface area (Å²) in [5.41, 5.74) is 0. The van der Waals surface area contributed by atoms with Gasteiger partial charge in [-0.25, -0.2) is 0 Å². The van der Waals surface area contributed by atoms with Crippen molar-refractivity contribution in [1.29, 1.82) is 0 Å². The third-order valence-electron chi connectivity index (χ3n) is 3.11. The highest BCUT2D eigenvalue weighted by Gasteiger charge is 2.54. The predicted octanol–water partition coefficient (Wildman–Crippen LogP) is 3.51. The zero-order chi connectivity index (χ0) is 14.2. The van der Waals surface area contributed by atoms with Gasteiger partial charge in [-0.15, -0.1) is 0 Å². The molecule has 0 aromatic carbocycles. The number of thioether (sulfide) groups is 2. The van der Waals surface area contributed by atoms with Crippen LogP contribution in [0, 0.1) is 0 Å².